The molecule has 1 aliphatic heterocycles. The monoisotopic (exact) mass is 380 g/mol. The minimum atomic E-state index is 0.0141. The zero-order valence-electron chi connectivity index (χ0n) is 14.4. The molecule has 1 saturated heterocycles. The third-order valence-corrected chi connectivity index (χ3v) is 6.16. The molecule has 0 atom stereocenters. The topological polar surface area (TPSA) is 33.2 Å². The van der Waals surface area contributed by atoms with E-state index in [-0.39, 0.29) is 5.78 Å². The van der Waals surface area contributed by atoms with Gasteiger partial charge in [-0.3, -0.25) is 4.79 Å². The number of carbonyl (C=O) groups is 1. The number of carbonyl (C=O) groups excluding carboxylic acids is 1. The van der Waals surface area contributed by atoms with Gasteiger partial charge in [-0.2, -0.15) is 11.3 Å². The van der Waals surface area contributed by atoms with Crippen molar-refractivity contribution in [3.63, 3.8) is 0 Å². The van der Waals surface area contributed by atoms with Crippen LogP contribution in [-0.4, -0.2) is 23.9 Å². The Hall–Kier alpha value is -2.24. The lowest BCUT2D eigenvalue weighted by Gasteiger charge is -2.28. The lowest BCUT2D eigenvalue weighted by atomic mass is 10.1. The lowest BCUT2D eigenvalue weighted by molar-refractivity contribution is 0.104. The number of rotatable bonds is 5. The van der Waals surface area contributed by atoms with Gasteiger partial charge in [0.1, 0.15) is 5.01 Å². The van der Waals surface area contributed by atoms with Crippen molar-refractivity contribution in [3.8, 4) is 10.6 Å². The van der Waals surface area contributed by atoms with Crippen molar-refractivity contribution in [2.45, 2.75) is 19.3 Å². The molecule has 0 N–H and O–H groups in total. The Morgan fingerprint density at radius 2 is 1.85 bits per heavy atom. The second-order valence-electron chi connectivity index (χ2n) is 6.38. The van der Waals surface area contributed by atoms with Crippen molar-refractivity contribution in [1.82, 2.24) is 4.98 Å². The van der Waals surface area contributed by atoms with Crippen LogP contribution in [0, 0.1) is 0 Å². The minimum absolute atomic E-state index is 0.0141. The zero-order valence-corrected chi connectivity index (χ0v) is 16.1. The Morgan fingerprint density at radius 3 is 2.58 bits per heavy atom. The molecule has 1 fully saturated rings. The van der Waals surface area contributed by atoms with Gasteiger partial charge in [-0.25, -0.2) is 4.98 Å². The molecule has 132 valence electrons. The van der Waals surface area contributed by atoms with E-state index in [9.17, 15) is 4.79 Å². The summed E-state index contributed by atoms with van der Waals surface area (Å²) in [6.45, 7) is 2.23. The van der Waals surface area contributed by atoms with Crippen LogP contribution in [0.5, 0.6) is 0 Å². The molecule has 3 aromatic rings. The number of thiophene rings is 1. The van der Waals surface area contributed by atoms with Gasteiger partial charge in [0.2, 0.25) is 0 Å². The van der Waals surface area contributed by atoms with E-state index in [0.717, 1.165) is 34.9 Å². The third-order valence-electron chi connectivity index (χ3n) is 4.57. The number of nitrogens with zero attached hydrogens (tertiary/aromatic N) is 2. The van der Waals surface area contributed by atoms with Crippen LogP contribution in [0.2, 0.25) is 0 Å². The molecule has 1 aliphatic rings. The normalized spacial score (nSPS) is 14.8. The van der Waals surface area contributed by atoms with Gasteiger partial charge in [0.25, 0.3) is 0 Å². The molecule has 2 aromatic heterocycles. The molecule has 0 amide bonds. The number of benzene rings is 1. The Morgan fingerprint density at radius 1 is 1.04 bits per heavy atom. The predicted molar refractivity (Wildman–Crippen MR) is 111 cm³/mol. The number of hydrogen-bond donors (Lipinski definition) is 0. The van der Waals surface area contributed by atoms with Crippen molar-refractivity contribution in [2.75, 3.05) is 18.0 Å². The number of allylic oxidation sites excluding steroid dienone is 1. The lowest BCUT2D eigenvalue weighted by Crippen LogP contribution is -2.29. The standard InChI is InChI=1S/C21H20N2OS2/c24-20(9-6-18-15-26-21(22-18)17-10-13-25-14-17)16-4-7-19(8-5-16)23-11-2-1-3-12-23/h4-10,13-15H,1-3,11-12H2/b9-6+. The molecule has 5 heteroatoms. The molecule has 0 aliphatic carbocycles. The molecule has 4 rings (SSSR count). The molecular weight excluding hydrogens is 360 g/mol. The van der Waals surface area contributed by atoms with Gasteiger partial charge in [-0.1, -0.05) is 0 Å². The van der Waals surface area contributed by atoms with Gasteiger partial charge in [0.05, 0.1) is 5.69 Å². The van der Waals surface area contributed by atoms with E-state index in [2.05, 4.69) is 33.5 Å². The number of ketones is 1. The molecule has 1 aromatic carbocycles. The first-order valence-corrected chi connectivity index (χ1v) is 10.7. The Bertz CT molecular complexity index is 889. The average Bonchev–Trinajstić information content (AvgIpc) is 3.38. The largest absolute Gasteiger partial charge is 0.372 e. The molecule has 3 nitrogen and oxygen atoms in total. The van der Waals surface area contributed by atoms with E-state index in [0.29, 0.717) is 0 Å². The Labute approximate surface area is 161 Å². The molecule has 0 radical (unpaired) electrons. The van der Waals surface area contributed by atoms with E-state index >= 15 is 0 Å². The summed E-state index contributed by atoms with van der Waals surface area (Å²) in [6.07, 6.45) is 7.24. The van der Waals surface area contributed by atoms with E-state index in [1.165, 1.54) is 24.9 Å². The van der Waals surface area contributed by atoms with Crippen molar-refractivity contribution in [3.05, 3.63) is 63.8 Å². The van der Waals surface area contributed by atoms with Crippen LogP contribution in [-0.2, 0) is 0 Å². The van der Waals surface area contributed by atoms with Crippen molar-refractivity contribution < 1.29 is 4.79 Å². The number of anilines is 1. The van der Waals surface area contributed by atoms with Crippen molar-refractivity contribution in [2.24, 2.45) is 0 Å². The highest BCUT2D eigenvalue weighted by atomic mass is 32.1. The molecule has 0 spiro atoms. The summed E-state index contributed by atoms with van der Waals surface area (Å²) >= 11 is 3.26. The summed E-state index contributed by atoms with van der Waals surface area (Å²) < 4.78 is 0. The maximum Gasteiger partial charge on any atom is 0.185 e. The van der Waals surface area contributed by atoms with Crippen LogP contribution in [0.1, 0.15) is 35.3 Å². The van der Waals surface area contributed by atoms with Gasteiger partial charge in [-0.15, -0.1) is 11.3 Å². The minimum Gasteiger partial charge on any atom is -0.372 e. The van der Waals surface area contributed by atoms with Crippen LogP contribution >= 0.6 is 22.7 Å². The average molecular weight is 381 g/mol. The van der Waals surface area contributed by atoms with E-state index in [1.807, 2.05) is 22.9 Å². The zero-order chi connectivity index (χ0) is 17.8. The summed E-state index contributed by atoms with van der Waals surface area (Å²) in [5.41, 5.74) is 3.90. The van der Waals surface area contributed by atoms with Gasteiger partial charge < -0.3 is 4.90 Å². The van der Waals surface area contributed by atoms with Gasteiger partial charge in [0, 0.05) is 40.7 Å². The highest BCUT2D eigenvalue weighted by Crippen LogP contribution is 2.26. The van der Waals surface area contributed by atoms with Gasteiger partial charge in [0.15, 0.2) is 5.78 Å². The quantitative estimate of drug-likeness (QED) is 0.417. The van der Waals surface area contributed by atoms with E-state index in [1.54, 1.807) is 34.8 Å². The maximum absolute atomic E-state index is 12.4. The number of thiazole rings is 1. The first-order valence-electron chi connectivity index (χ1n) is 8.85. The highest BCUT2D eigenvalue weighted by Gasteiger charge is 2.11. The van der Waals surface area contributed by atoms with Crippen molar-refractivity contribution >= 4 is 40.2 Å². The van der Waals surface area contributed by atoms with Crippen LogP contribution in [0.25, 0.3) is 16.6 Å². The van der Waals surface area contributed by atoms with E-state index in [4.69, 9.17) is 0 Å². The Balaban J connectivity index is 1.42. The predicted octanol–water partition coefficient (Wildman–Crippen LogP) is 5.76. The molecular formula is C21H20N2OS2. The van der Waals surface area contributed by atoms with Gasteiger partial charge >= 0.3 is 0 Å². The van der Waals surface area contributed by atoms with E-state index < -0.39 is 0 Å². The molecule has 3 heterocycles. The van der Waals surface area contributed by atoms with Crippen LogP contribution in [0.3, 0.4) is 0 Å². The van der Waals surface area contributed by atoms with Crippen LogP contribution in [0.4, 0.5) is 5.69 Å². The number of aromatic nitrogens is 1. The SMILES string of the molecule is O=C(/C=C/c1csc(-c2ccsc2)n1)c1ccc(N2CCCCC2)cc1. The molecule has 0 bridgehead atoms. The maximum atomic E-state index is 12.4. The fraction of sp³-hybridized carbons (Fsp3) is 0.238. The summed E-state index contributed by atoms with van der Waals surface area (Å²) in [5, 5.41) is 7.10. The molecule has 26 heavy (non-hydrogen) atoms. The second-order valence-corrected chi connectivity index (χ2v) is 8.02. The summed E-state index contributed by atoms with van der Waals surface area (Å²) in [6, 6.07) is 10.0. The van der Waals surface area contributed by atoms with Crippen molar-refractivity contribution in [1.29, 1.82) is 0 Å². The molecule has 0 saturated carbocycles. The first-order chi connectivity index (χ1) is 12.8. The second kappa shape index (κ2) is 7.98. The number of piperidine rings is 1. The fourth-order valence-corrected chi connectivity index (χ4v) is 4.63. The van der Waals surface area contributed by atoms with Gasteiger partial charge in [-0.05, 0) is 67.1 Å². The third kappa shape index (κ3) is 3.94. The Kier molecular flexibility index (Phi) is 5.27. The number of hydrogen-bond acceptors (Lipinski definition) is 5. The van der Waals surface area contributed by atoms with Crippen LogP contribution in [0.15, 0.2) is 52.5 Å². The summed E-state index contributed by atoms with van der Waals surface area (Å²) in [7, 11) is 0. The molecule has 0 unspecified atom stereocenters. The first kappa shape index (κ1) is 17.2. The van der Waals surface area contributed by atoms with Crippen LogP contribution < -0.4 is 4.90 Å². The fourth-order valence-electron chi connectivity index (χ4n) is 3.13. The summed E-state index contributed by atoms with van der Waals surface area (Å²) in [5.74, 6) is 0.0141. The highest BCUT2D eigenvalue weighted by molar-refractivity contribution is 7.14. The summed E-state index contributed by atoms with van der Waals surface area (Å²) in [4.78, 5) is 19.4. The smallest absolute Gasteiger partial charge is 0.185 e.